The highest BCUT2D eigenvalue weighted by atomic mass is 19.4. The van der Waals surface area contributed by atoms with E-state index in [9.17, 15) is 32.1 Å². The predicted octanol–water partition coefficient (Wildman–Crippen LogP) is 3.72. The van der Waals surface area contributed by atoms with Crippen LogP contribution in [0.2, 0.25) is 0 Å². The van der Waals surface area contributed by atoms with E-state index in [2.05, 4.69) is 0 Å². The number of hydrogen-bond donors (Lipinski definition) is 0. The zero-order valence-electron chi connectivity index (χ0n) is 12.6. The topological polar surface area (TPSA) is 55.6 Å². The first-order valence-electron chi connectivity index (χ1n) is 7.10. The number of nitrogens with zero attached hydrogens (tertiary/aromatic N) is 2. The number of hydrogen-bond acceptors (Lipinski definition) is 4. The molecule has 0 aromatic heterocycles. The molecule has 5 nitrogen and oxygen atoms in total. The molecule has 1 aliphatic rings. The van der Waals surface area contributed by atoms with Gasteiger partial charge < -0.3 is 9.64 Å². The van der Waals surface area contributed by atoms with Crippen LogP contribution in [0.1, 0.15) is 18.4 Å². The van der Waals surface area contributed by atoms with Gasteiger partial charge in [-0.1, -0.05) is 0 Å². The number of nitro groups is 1. The fraction of sp³-hybridized carbons (Fsp3) is 0.571. The molecule has 0 radical (unpaired) electrons. The molecular formula is C14H15F5N2O3. The molecule has 1 heterocycles. The SMILES string of the molecule is CN1CCC[C@H]1COc1cc([N+](=O)[O-])ccc1C(F)(F)C(F)(F)F. The van der Waals surface area contributed by atoms with Gasteiger partial charge in [0.25, 0.3) is 5.69 Å². The minimum absolute atomic E-state index is 0.126. The van der Waals surface area contributed by atoms with Gasteiger partial charge >= 0.3 is 12.1 Å². The maximum atomic E-state index is 13.6. The smallest absolute Gasteiger partial charge is 0.458 e. The number of benzene rings is 1. The maximum absolute atomic E-state index is 13.6. The number of nitro benzene ring substituents is 1. The maximum Gasteiger partial charge on any atom is 0.458 e. The average molecular weight is 354 g/mol. The molecule has 0 aliphatic carbocycles. The van der Waals surface area contributed by atoms with Gasteiger partial charge in [-0.15, -0.1) is 0 Å². The Hall–Kier alpha value is -1.97. The molecule has 0 bridgehead atoms. The number of halogens is 5. The molecule has 0 unspecified atom stereocenters. The van der Waals surface area contributed by atoms with E-state index in [4.69, 9.17) is 4.74 Å². The van der Waals surface area contributed by atoms with Gasteiger partial charge in [0.15, 0.2) is 0 Å². The zero-order chi connectivity index (χ0) is 18.1. The van der Waals surface area contributed by atoms with Gasteiger partial charge in [-0.2, -0.15) is 22.0 Å². The number of likely N-dealkylation sites (N-methyl/N-ethyl adjacent to an activating group) is 1. The van der Waals surface area contributed by atoms with E-state index in [0.717, 1.165) is 13.0 Å². The van der Waals surface area contributed by atoms with E-state index in [1.807, 2.05) is 4.90 Å². The van der Waals surface area contributed by atoms with Gasteiger partial charge in [-0.05, 0) is 32.5 Å². The number of rotatable bonds is 5. The highest BCUT2D eigenvalue weighted by molar-refractivity contribution is 5.47. The highest BCUT2D eigenvalue weighted by Gasteiger charge is 2.60. The quantitative estimate of drug-likeness (QED) is 0.459. The summed E-state index contributed by atoms with van der Waals surface area (Å²) in [5.74, 6) is -5.99. The van der Waals surface area contributed by atoms with Crippen molar-refractivity contribution in [3.63, 3.8) is 0 Å². The lowest BCUT2D eigenvalue weighted by molar-refractivity contribution is -0.385. The third-order valence-electron chi connectivity index (χ3n) is 3.97. The first-order chi connectivity index (χ1) is 11.0. The van der Waals surface area contributed by atoms with Gasteiger partial charge in [-0.25, -0.2) is 0 Å². The summed E-state index contributed by atoms with van der Waals surface area (Å²) in [6.45, 7) is 0.632. The van der Waals surface area contributed by atoms with E-state index in [1.165, 1.54) is 0 Å². The van der Waals surface area contributed by atoms with Crippen LogP contribution in [0.15, 0.2) is 18.2 Å². The Balaban J connectivity index is 2.34. The van der Waals surface area contributed by atoms with Crippen molar-refractivity contribution in [1.82, 2.24) is 4.90 Å². The monoisotopic (exact) mass is 354 g/mol. The summed E-state index contributed by atoms with van der Waals surface area (Å²) in [6, 6.07) is 1.45. The average Bonchev–Trinajstić information content (AvgIpc) is 2.88. The van der Waals surface area contributed by atoms with Crippen LogP contribution in [0.5, 0.6) is 5.75 Å². The molecule has 134 valence electrons. The van der Waals surface area contributed by atoms with Crippen molar-refractivity contribution >= 4 is 5.69 Å². The van der Waals surface area contributed by atoms with Gasteiger partial charge in [-0.3, -0.25) is 10.1 Å². The van der Waals surface area contributed by atoms with Crippen molar-refractivity contribution in [3.8, 4) is 5.75 Å². The number of ether oxygens (including phenoxy) is 1. The van der Waals surface area contributed by atoms with Crippen molar-refractivity contribution in [3.05, 3.63) is 33.9 Å². The first kappa shape index (κ1) is 18.4. The molecule has 0 saturated carbocycles. The summed E-state index contributed by atoms with van der Waals surface area (Å²) in [7, 11) is 1.78. The van der Waals surface area contributed by atoms with Crippen molar-refractivity contribution < 1.29 is 31.6 Å². The third kappa shape index (κ3) is 3.58. The van der Waals surface area contributed by atoms with E-state index >= 15 is 0 Å². The van der Waals surface area contributed by atoms with E-state index in [0.29, 0.717) is 24.6 Å². The Kier molecular flexibility index (Phi) is 4.97. The van der Waals surface area contributed by atoms with Crippen LogP contribution in [-0.4, -0.2) is 42.2 Å². The molecule has 1 atom stereocenters. The standard InChI is InChI=1S/C14H15F5N2O3/c1-20-6-2-3-10(20)8-24-12-7-9(21(22)23)4-5-11(12)13(15,16)14(17,18)19/h4-5,7,10H,2-3,6,8H2,1H3/t10-/m0/s1. The number of likely N-dealkylation sites (tertiary alicyclic amines) is 1. The minimum Gasteiger partial charge on any atom is -0.491 e. The molecule has 1 saturated heterocycles. The van der Waals surface area contributed by atoms with Crippen molar-refractivity contribution in [2.75, 3.05) is 20.2 Å². The first-order valence-corrected chi connectivity index (χ1v) is 7.10. The lowest BCUT2D eigenvalue weighted by atomic mass is 10.1. The summed E-state index contributed by atoms with van der Waals surface area (Å²) < 4.78 is 70.3. The zero-order valence-corrected chi connectivity index (χ0v) is 12.6. The summed E-state index contributed by atoms with van der Waals surface area (Å²) in [5, 5.41) is 10.8. The van der Waals surface area contributed by atoms with Crippen LogP contribution in [0, 0.1) is 10.1 Å². The Morgan fingerprint density at radius 2 is 2.00 bits per heavy atom. The van der Waals surface area contributed by atoms with Gasteiger partial charge in [0.1, 0.15) is 12.4 Å². The normalized spacial score (nSPS) is 19.5. The van der Waals surface area contributed by atoms with Gasteiger partial charge in [0.05, 0.1) is 16.6 Å². The summed E-state index contributed by atoms with van der Waals surface area (Å²) in [5.41, 5.74) is -2.05. The lowest BCUT2D eigenvalue weighted by Gasteiger charge is -2.24. The highest BCUT2D eigenvalue weighted by Crippen LogP contribution is 2.47. The molecule has 0 amide bonds. The fourth-order valence-corrected chi connectivity index (χ4v) is 2.53. The molecule has 0 N–H and O–H groups in total. The van der Waals surface area contributed by atoms with Crippen molar-refractivity contribution in [1.29, 1.82) is 0 Å². The molecule has 1 aromatic carbocycles. The third-order valence-corrected chi connectivity index (χ3v) is 3.97. The van der Waals surface area contributed by atoms with Gasteiger partial charge in [0, 0.05) is 12.1 Å². The van der Waals surface area contributed by atoms with Crippen LogP contribution < -0.4 is 4.74 Å². The Morgan fingerprint density at radius 1 is 1.33 bits per heavy atom. The van der Waals surface area contributed by atoms with Gasteiger partial charge in [0.2, 0.25) is 0 Å². The summed E-state index contributed by atoms with van der Waals surface area (Å²) in [6.07, 6.45) is -4.27. The number of non-ortho nitro benzene ring substituents is 1. The van der Waals surface area contributed by atoms with Crippen LogP contribution in [0.4, 0.5) is 27.6 Å². The Bertz CT molecular complexity index is 621. The minimum atomic E-state index is -5.83. The molecule has 0 spiro atoms. The fourth-order valence-electron chi connectivity index (χ4n) is 2.53. The van der Waals surface area contributed by atoms with Crippen LogP contribution >= 0.6 is 0 Å². The van der Waals surface area contributed by atoms with Crippen LogP contribution in [0.3, 0.4) is 0 Å². The second kappa shape index (κ2) is 6.50. The molecule has 2 rings (SSSR count). The second-order valence-electron chi connectivity index (χ2n) is 5.60. The van der Waals surface area contributed by atoms with E-state index in [1.54, 1.807) is 7.05 Å². The molecule has 1 fully saturated rings. The largest absolute Gasteiger partial charge is 0.491 e. The van der Waals surface area contributed by atoms with E-state index in [-0.39, 0.29) is 12.6 Å². The van der Waals surface area contributed by atoms with E-state index < -0.39 is 34.0 Å². The molecule has 10 heteroatoms. The second-order valence-corrected chi connectivity index (χ2v) is 5.60. The van der Waals surface area contributed by atoms with Crippen LogP contribution in [0.25, 0.3) is 0 Å². The number of alkyl halides is 5. The van der Waals surface area contributed by atoms with Crippen LogP contribution in [-0.2, 0) is 5.92 Å². The summed E-state index contributed by atoms with van der Waals surface area (Å²) in [4.78, 5) is 11.8. The Morgan fingerprint density at radius 3 is 2.50 bits per heavy atom. The van der Waals surface area contributed by atoms with Crippen molar-refractivity contribution in [2.45, 2.75) is 31.0 Å². The molecular weight excluding hydrogens is 339 g/mol. The Labute approximate surface area is 134 Å². The molecule has 1 aliphatic heterocycles. The predicted molar refractivity (Wildman–Crippen MR) is 74.2 cm³/mol. The molecule has 24 heavy (non-hydrogen) atoms. The summed E-state index contributed by atoms with van der Waals surface area (Å²) >= 11 is 0. The lowest BCUT2D eigenvalue weighted by Crippen LogP contribution is -2.35. The molecule has 1 aromatic rings. The van der Waals surface area contributed by atoms with Crippen molar-refractivity contribution in [2.24, 2.45) is 0 Å².